The van der Waals surface area contributed by atoms with Gasteiger partial charge in [-0.2, -0.15) is 0 Å². The Balaban J connectivity index is 3.50. The second-order valence-corrected chi connectivity index (χ2v) is 5.55. The molecule has 0 aliphatic carbocycles. The van der Waals surface area contributed by atoms with Crippen molar-refractivity contribution in [1.29, 1.82) is 0 Å². The topological polar surface area (TPSA) is 83.5 Å². The number of benzene rings is 1. The van der Waals surface area contributed by atoms with Crippen molar-refractivity contribution in [1.82, 2.24) is 4.72 Å². The molecular formula is C10H12ClNO4S. The predicted molar refractivity (Wildman–Crippen MR) is 64.0 cm³/mol. The number of rotatable bonds is 4. The maximum Gasteiger partial charge on any atom is 0.336 e. The minimum absolute atomic E-state index is 0.0736. The quantitative estimate of drug-likeness (QED) is 0.876. The Morgan fingerprint density at radius 1 is 1.47 bits per heavy atom. The van der Waals surface area contributed by atoms with Crippen LogP contribution in [-0.4, -0.2) is 26.0 Å². The molecule has 0 aliphatic rings. The first-order valence-corrected chi connectivity index (χ1v) is 6.68. The van der Waals surface area contributed by atoms with Crippen LogP contribution in [0.4, 0.5) is 0 Å². The number of carbonyl (C=O) groups is 1. The van der Waals surface area contributed by atoms with Gasteiger partial charge in [-0.3, -0.25) is 0 Å². The number of nitrogens with one attached hydrogen (secondary N) is 1. The van der Waals surface area contributed by atoms with Gasteiger partial charge >= 0.3 is 5.97 Å². The molecule has 94 valence electrons. The van der Waals surface area contributed by atoms with E-state index in [2.05, 4.69) is 4.72 Å². The first-order valence-electron chi connectivity index (χ1n) is 4.82. The molecule has 0 radical (unpaired) electrons. The van der Waals surface area contributed by atoms with E-state index in [1.165, 1.54) is 19.1 Å². The van der Waals surface area contributed by atoms with E-state index in [-0.39, 0.29) is 27.6 Å². The van der Waals surface area contributed by atoms with Gasteiger partial charge in [-0.15, -0.1) is 0 Å². The van der Waals surface area contributed by atoms with E-state index in [4.69, 9.17) is 16.7 Å². The lowest BCUT2D eigenvalue weighted by molar-refractivity contribution is 0.0696. The van der Waals surface area contributed by atoms with E-state index in [0.29, 0.717) is 0 Å². The Morgan fingerprint density at radius 3 is 2.53 bits per heavy atom. The number of sulfonamides is 1. The molecule has 0 spiro atoms. The molecule has 7 heteroatoms. The molecule has 0 saturated heterocycles. The van der Waals surface area contributed by atoms with E-state index >= 15 is 0 Å². The number of carboxylic acid groups (broad SMARTS) is 1. The summed E-state index contributed by atoms with van der Waals surface area (Å²) in [5, 5.41) is 9.01. The van der Waals surface area contributed by atoms with Crippen molar-refractivity contribution in [2.75, 3.05) is 6.54 Å². The van der Waals surface area contributed by atoms with Crippen LogP contribution in [0.25, 0.3) is 0 Å². The molecule has 0 bridgehead atoms. The van der Waals surface area contributed by atoms with Crippen LogP contribution in [-0.2, 0) is 10.0 Å². The van der Waals surface area contributed by atoms with Crippen LogP contribution in [0.3, 0.4) is 0 Å². The van der Waals surface area contributed by atoms with Crippen molar-refractivity contribution >= 4 is 27.6 Å². The standard InChI is InChI=1S/C10H12ClNO4S/c1-3-12-17(15,16)9-5-7(11)4-8(6(9)2)10(13)14/h4-5,12H,3H2,1-2H3,(H,13,14). The first-order chi connectivity index (χ1) is 7.79. The molecule has 0 fully saturated rings. The lowest BCUT2D eigenvalue weighted by atomic mass is 10.1. The molecule has 2 N–H and O–H groups in total. The van der Waals surface area contributed by atoms with E-state index in [1.807, 2.05) is 0 Å². The van der Waals surface area contributed by atoms with Crippen LogP contribution in [0, 0.1) is 6.92 Å². The first kappa shape index (κ1) is 14.0. The Morgan fingerprint density at radius 2 is 2.06 bits per heavy atom. The van der Waals surface area contributed by atoms with E-state index in [9.17, 15) is 13.2 Å². The third kappa shape index (κ3) is 2.96. The molecule has 0 unspecified atom stereocenters. The zero-order valence-electron chi connectivity index (χ0n) is 9.32. The molecule has 0 heterocycles. The second kappa shape index (κ2) is 5.03. The second-order valence-electron chi connectivity index (χ2n) is 3.38. The Labute approximate surface area is 104 Å². The van der Waals surface area contributed by atoms with Crippen molar-refractivity contribution in [3.8, 4) is 0 Å². The molecule has 0 aliphatic heterocycles. The summed E-state index contributed by atoms with van der Waals surface area (Å²) >= 11 is 5.72. The van der Waals surface area contributed by atoms with Crippen LogP contribution < -0.4 is 4.72 Å². The fraction of sp³-hybridized carbons (Fsp3) is 0.300. The monoisotopic (exact) mass is 277 g/mol. The van der Waals surface area contributed by atoms with Crippen molar-refractivity contribution in [2.45, 2.75) is 18.7 Å². The smallest absolute Gasteiger partial charge is 0.336 e. The predicted octanol–water partition coefficient (Wildman–Crippen LogP) is 1.64. The average molecular weight is 278 g/mol. The molecule has 0 aromatic heterocycles. The van der Waals surface area contributed by atoms with Gasteiger partial charge in [0.05, 0.1) is 10.5 Å². The largest absolute Gasteiger partial charge is 0.478 e. The lowest BCUT2D eigenvalue weighted by Crippen LogP contribution is -2.24. The van der Waals surface area contributed by atoms with E-state index in [1.54, 1.807) is 6.92 Å². The summed E-state index contributed by atoms with van der Waals surface area (Å²) < 4.78 is 25.9. The maximum atomic E-state index is 11.8. The molecule has 0 saturated carbocycles. The van der Waals surface area contributed by atoms with Gasteiger partial charge in [-0.05, 0) is 24.6 Å². The van der Waals surface area contributed by atoms with Gasteiger partial charge in [-0.25, -0.2) is 17.9 Å². The summed E-state index contributed by atoms with van der Waals surface area (Å²) in [7, 11) is -3.72. The lowest BCUT2D eigenvalue weighted by Gasteiger charge is -2.10. The Kier molecular flexibility index (Phi) is 4.13. The normalized spacial score (nSPS) is 11.5. The molecule has 1 rings (SSSR count). The van der Waals surface area contributed by atoms with Crippen LogP contribution in [0.2, 0.25) is 5.02 Å². The fourth-order valence-corrected chi connectivity index (χ4v) is 3.04. The molecule has 17 heavy (non-hydrogen) atoms. The van der Waals surface area contributed by atoms with E-state index < -0.39 is 16.0 Å². The van der Waals surface area contributed by atoms with Gasteiger partial charge < -0.3 is 5.11 Å². The number of hydrogen-bond acceptors (Lipinski definition) is 3. The average Bonchev–Trinajstić information content (AvgIpc) is 2.20. The van der Waals surface area contributed by atoms with Gasteiger partial charge in [0, 0.05) is 11.6 Å². The molecule has 1 aromatic rings. The summed E-state index contributed by atoms with van der Waals surface area (Å²) in [5.74, 6) is -1.21. The van der Waals surface area contributed by atoms with Gasteiger partial charge in [0.25, 0.3) is 0 Å². The maximum absolute atomic E-state index is 11.8. The highest BCUT2D eigenvalue weighted by Crippen LogP contribution is 2.24. The highest BCUT2D eigenvalue weighted by Gasteiger charge is 2.21. The molecule has 5 nitrogen and oxygen atoms in total. The highest BCUT2D eigenvalue weighted by molar-refractivity contribution is 7.89. The molecule has 1 aromatic carbocycles. The summed E-state index contributed by atoms with van der Waals surface area (Å²) in [6, 6.07) is 2.46. The van der Waals surface area contributed by atoms with Crippen molar-refractivity contribution in [2.24, 2.45) is 0 Å². The fourth-order valence-electron chi connectivity index (χ4n) is 1.42. The minimum atomic E-state index is -3.72. The van der Waals surface area contributed by atoms with E-state index in [0.717, 1.165) is 0 Å². The summed E-state index contributed by atoms with van der Waals surface area (Å²) in [6.45, 7) is 3.29. The Hall–Kier alpha value is -1.11. The SMILES string of the molecule is CCNS(=O)(=O)c1cc(Cl)cc(C(=O)O)c1C. The zero-order valence-corrected chi connectivity index (χ0v) is 10.9. The summed E-state index contributed by atoms with van der Waals surface area (Å²) in [4.78, 5) is 10.8. The van der Waals surface area contributed by atoms with Crippen LogP contribution in [0.15, 0.2) is 17.0 Å². The summed E-state index contributed by atoms with van der Waals surface area (Å²) in [5.41, 5.74) is 0.0526. The Bertz CT molecular complexity index is 554. The van der Waals surface area contributed by atoms with Gasteiger partial charge in [0.2, 0.25) is 10.0 Å². The van der Waals surface area contributed by atoms with Crippen LogP contribution in [0.5, 0.6) is 0 Å². The van der Waals surface area contributed by atoms with Gasteiger partial charge in [0.15, 0.2) is 0 Å². The molecular weight excluding hydrogens is 266 g/mol. The van der Waals surface area contributed by atoms with Crippen molar-refractivity contribution in [3.63, 3.8) is 0 Å². The van der Waals surface area contributed by atoms with Crippen molar-refractivity contribution in [3.05, 3.63) is 28.3 Å². The van der Waals surface area contributed by atoms with Gasteiger partial charge in [-0.1, -0.05) is 18.5 Å². The molecule has 0 atom stereocenters. The van der Waals surface area contributed by atoms with Crippen LogP contribution in [0.1, 0.15) is 22.8 Å². The summed E-state index contributed by atoms with van der Waals surface area (Å²) in [6.07, 6.45) is 0. The number of hydrogen-bond donors (Lipinski definition) is 2. The highest BCUT2D eigenvalue weighted by atomic mass is 35.5. The van der Waals surface area contributed by atoms with Crippen LogP contribution >= 0.6 is 11.6 Å². The third-order valence-corrected chi connectivity index (χ3v) is 4.07. The molecule has 0 amide bonds. The van der Waals surface area contributed by atoms with Gasteiger partial charge in [0.1, 0.15) is 0 Å². The van der Waals surface area contributed by atoms with Crippen molar-refractivity contribution < 1.29 is 18.3 Å². The number of halogens is 1. The minimum Gasteiger partial charge on any atom is -0.478 e. The third-order valence-electron chi connectivity index (χ3n) is 2.18. The number of carboxylic acids is 1. The number of aromatic carboxylic acids is 1. The zero-order chi connectivity index (χ0) is 13.2.